The van der Waals surface area contributed by atoms with E-state index in [1.807, 2.05) is 12.1 Å². The summed E-state index contributed by atoms with van der Waals surface area (Å²) in [5.74, 6) is 0.645. The maximum Gasteiger partial charge on any atom is 0.127 e. The Kier molecular flexibility index (Phi) is 3.09. The molecule has 0 amide bonds. The summed E-state index contributed by atoms with van der Waals surface area (Å²) >= 11 is 0. The number of halogens is 1. The number of benzene rings is 1. The van der Waals surface area contributed by atoms with Gasteiger partial charge in [0.1, 0.15) is 11.6 Å². The van der Waals surface area contributed by atoms with Crippen molar-refractivity contribution < 1.29 is 4.39 Å². The molecule has 88 valence electrons. The fourth-order valence-electron chi connectivity index (χ4n) is 1.76. The lowest BCUT2D eigenvalue weighted by atomic mass is 10.0. The van der Waals surface area contributed by atoms with Crippen LogP contribution in [0.5, 0.6) is 0 Å². The first-order valence-corrected chi connectivity index (χ1v) is 5.60. The van der Waals surface area contributed by atoms with Crippen LogP contribution in [0.4, 0.5) is 10.2 Å². The third-order valence-electron chi connectivity index (χ3n) is 2.72. The second-order valence-corrected chi connectivity index (χ2v) is 4.33. The standard InChI is InChI=1S/C14H15FN2/c1-9(2)12-7-8-13(17-14(12)16)10-3-5-11(15)6-4-10/h3-9H,1-2H3,(H2,16,17). The molecule has 2 N–H and O–H groups in total. The summed E-state index contributed by atoms with van der Waals surface area (Å²) in [6, 6.07) is 10.1. The molecule has 0 saturated carbocycles. The van der Waals surface area contributed by atoms with Crippen molar-refractivity contribution in [1.82, 2.24) is 4.98 Å². The monoisotopic (exact) mass is 230 g/mol. The van der Waals surface area contributed by atoms with E-state index in [1.54, 1.807) is 12.1 Å². The molecular weight excluding hydrogens is 215 g/mol. The average molecular weight is 230 g/mol. The Morgan fingerprint density at radius 2 is 1.71 bits per heavy atom. The fraction of sp³-hybridized carbons (Fsp3) is 0.214. The van der Waals surface area contributed by atoms with Gasteiger partial charge < -0.3 is 5.73 Å². The van der Waals surface area contributed by atoms with Gasteiger partial charge in [0.25, 0.3) is 0 Å². The molecule has 2 rings (SSSR count). The molecule has 17 heavy (non-hydrogen) atoms. The minimum Gasteiger partial charge on any atom is -0.383 e. The number of anilines is 1. The van der Waals surface area contributed by atoms with E-state index in [2.05, 4.69) is 18.8 Å². The first-order chi connectivity index (χ1) is 8.08. The Labute approximate surface area is 100 Å². The molecule has 0 bridgehead atoms. The number of aromatic nitrogens is 1. The number of hydrogen-bond acceptors (Lipinski definition) is 2. The van der Waals surface area contributed by atoms with Crippen molar-refractivity contribution in [2.24, 2.45) is 0 Å². The van der Waals surface area contributed by atoms with E-state index in [4.69, 9.17) is 5.73 Å². The molecule has 0 aliphatic rings. The molecule has 0 spiro atoms. The summed E-state index contributed by atoms with van der Waals surface area (Å²) in [6.45, 7) is 4.15. The largest absolute Gasteiger partial charge is 0.383 e. The second-order valence-electron chi connectivity index (χ2n) is 4.33. The maximum atomic E-state index is 12.8. The molecule has 1 aromatic carbocycles. The second kappa shape index (κ2) is 4.53. The first kappa shape index (κ1) is 11.6. The van der Waals surface area contributed by atoms with Gasteiger partial charge in [-0.3, -0.25) is 0 Å². The van der Waals surface area contributed by atoms with Gasteiger partial charge in [-0.1, -0.05) is 19.9 Å². The number of rotatable bonds is 2. The highest BCUT2D eigenvalue weighted by atomic mass is 19.1. The number of nitrogens with zero attached hydrogens (tertiary/aromatic N) is 1. The third-order valence-corrected chi connectivity index (χ3v) is 2.72. The van der Waals surface area contributed by atoms with Crippen molar-refractivity contribution >= 4 is 5.82 Å². The van der Waals surface area contributed by atoms with Crippen LogP contribution in [0.25, 0.3) is 11.3 Å². The summed E-state index contributed by atoms with van der Waals surface area (Å²) in [6.07, 6.45) is 0. The summed E-state index contributed by atoms with van der Waals surface area (Å²) in [7, 11) is 0. The predicted octanol–water partition coefficient (Wildman–Crippen LogP) is 3.59. The number of nitrogens with two attached hydrogens (primary N) is 1. The highest BCUT2D eigenvalue weighted by Crippen LogP contribution is 2.24. The van der Waals surface area contributed by atoms with Crippen LogP contribution in [0.2, 0.25) is 0 Å². The van der Waals surface area contributed by atoms with Gasteiger partial charge in [0.05, 0.1) is 5.69 Å². The van der Waals surface area contributed by atoms with Crippen LogP contribution >= 0.6 is 0 Å². The minimum atomic E-state index is -0.250. The van der Waals surface area contributed by atoms with E-state index >= 15 is 0 Å². The number of pyridine rings is 1. The average Bonchev–Trinajstić information content (AvgIpc) is 2.29. The van der Waals surface area contributed by atoms with E-state index in [9.17, 15) is 4.39 Å². The van der Waals surface area contributed by atoms with Gasteiger partial charge in [-0.2, -0.15) is 0 Å². The highest BCUT2D eigenvalue weighted by molar-refractivity contribution is 5.62. The van der Waals surface area contributed by atoms with Crippen molar-refractivity contribution in [3.63, 3.8) is 0 Å². The van der Waals surface area contributed by atoms with Crippen LogP contribution in [0.3, 0.4) is 0 Å². The van der Waals surface area contributed by atoms with Crippen molar-refractivity contribution in [2.75, 3.05) is 5.73 Å². The molecule has 1 heterocycles. The van der Waals surface area contributed by atoms with Crippen LogP contribution in [0, 0.1) is 5.82 Å². The third kappa shape index (κ3) is 2.44. The lowest BCUT2D eigenvalue weighted by Gasteiger charge is -2.10. The summed E-state index contributed by atoms with van der Waals surface area (Å²) in [4.78, 5) is 4.35. The van der Waals surface area contributed by atoms with Gasteiger partial charge in [0.2, 0.25) is 0 Å². The van der Waals surface area contributed by atoms with Gasteiger partial charge in [0, 0.05) is 5.56 Å². The van der Waals surface area contributed by atoms with Crippen LogP contribution in [0.1, 0.15) is 25.3 Å². The zero-order valence-electron chi connectivity index (χ0n) is 9.94. The maximum absolute atomic E-state index is 12.8. The van der Waals surface area contributed by atoms with Crippen LogP contribution in [-0.4, -0.2) is 4.98 Å². The molecule has 0 aliphatic carbocycles. The topological polar surface area (TPSA) is 38.9 Å². The highest BCUT2D eigenvalue weighted by Gasteiger charge is 2.07. The zero-order valence-corrected chi connectivity index (χ0v) is 9.94. The molecule has 0 unspecified atom stereocenters. The van der Waals surface area contributed by atoms with E-state index in [-0.39, 0.29) is 5.82 Å². The van der Waals surface area contributed by atoms with E-state index in [0.717, 1.165) is 16.8 Å². The molecule has 0 fully saturated rings. The Balaban J connectivity index is 2.41. The molecular formula is C14H15FN2. The molecule has 3 heteroatoms. The number of hydrogen-bond donors (Lipinski definition) is 1. The summed E-state index contributed by atoms with van der Waals surface area (Å²) < 4.78 is 12.8. The first-order valence-electron chi connectivity index (χ1n) is 5.60. The van der Waals surface area contributed by atoms with Crippen molar-refractivity contribution in [1.29, 1.82) is 0 Å². The van der Waals surface area contributed by atoms with Gasteiger partial charge in [-0.05, 0) is 41.8 Å². The minimum absolute atomic E-state index is 0.250. The van der Waals surface area contributed by atoms with Gasteiger partial charge >= 0.3 is 0 Å². The lowest BCUT2D eigenvalue weighted by Crippen LogP contribution is -2.00. The van der Waals surface area contributed by atoms with E-state index < -0.39 is 0 Å². The van der Waals surface area contributed by atoms with Crippen molar-refractivity contribution in [2.45, 2.75) is 19.8 Å². The van der Waals surface area contributed by atoms with Gasteiger partial charge in [-0.15, -0.1) is 0 Å². The summed E-state index contributed by atoms with van der Waals surface area (Å²) in [5.41, 5.74) is 8.58. The smallest absolute Gasteiger partial charge is 0.127 e. The van der Waals surface area contributed by atoms with Crippen LogP contribution in [-0.2, 0) is 0 Å². The quantitative estimate of drug-likeness (QED) is 0.856. The van der Waals surface area contributed by atoms with Crippen molar-refractivity contribution in [3.05, 3.63) is 47.8 Å². The van der Waals surface area contributed by atoms with E-state index in [0.29, 0.717) is 11.7 Å². The Morgan fingerprint density at radius 3 is 2.24 bits per heavy atom. The Hall–Kier alpha value is -1.90. The molecule has 2 nitrogen and oxygen atoms in total. The van der Waals surface area contributed by atoms with Crippen molar-refractivity contribution in [3.8, 4) is 11.3 Å². The van der Waals surface area contributed by atoms with Gasteiger partial charge in [-0.25, -0.2) is 9.37 Å². The zero-order chi connectivity index (χ0) is 12.4. The Morgan fingerprint density at radius 1 is 1.06 bits per heavy atom. The molecule has 0 atom stereocenters. The Bertz CT molecular complexity index is 518. The SMILES string of the molecule is CC(C)c1ccc(-c2ccc(F)cc2)nc1N. The predicted molar refractivity (Wildman–Crippen MR) is 68.1 cm³/mol. The van der Waals surface area contributed by atoms with E-state index in [1.165, 1.54) is 12.1 Å². The van der Waals surface area contributed by atoms with Gasteiger partial charge in [0.15, 0.2) is 0 Å². The number of nitrogen functional groups attached to an aromatic ring is 1. The molecule has 0 aliphatic heterocycles. The summed E-state index contributed by atoms with van der Waals surface area (Å²) in [5, 5.41) is 0. The normalized spacial score (nSPS) is 10.8. The molecule has 0 saturated heterocycles. The fourth-order valence-corrected chi connectivity index (χ4v) is 1.76. The lowest BCUT2D eigenvalue weighted by molar-refractivity contribution is 0.628. The molecule has 1 aromatic heterocycles. The molecule has 2 aromatic rings. The van der Waals surface area contributed by atoms with Crippen LogP contribution < -0.4 is 5.73 Å². The molecule has 0 radical (unpaired) electrons. The van der Waals surface area contributed by atoms with Crippen LogP contribution in [0.15, 0.2) is 36.4 Å².